The Bertz CT molecular complexity index is 298. The summed E-state index contributed by atoms with van der Waals surface area (Å²) in [6.45, 7) is 3.07. The van der Waals surface area contributed by atoms with Crippen molar-refractivity contribution < 1.29 is 4.74 Å². The van der Waals surface area contributed by atoms with Crippen LogP contribution in [0.3, 0.4) is 0 Å². The second kappa shape index (κ2) is 3.29. The van der Waals surface area contributed by atoms with Gasteiger partial charge in [0, 0.05) is 0 Å². The van der Waals surface area contributed by atoms with Gasteiger partial charge in [0.15, 0.2) is 0 Å². The third-order valence-corrected chi connectivity index (χ3v) is 2.65. The smallest absolute Gasteiger partial charge is 0.142 e. The Kier molecular flexibility index (Phi) is 2.13. The van der Waals surface area contributed by atoms with Crippen molar-refractivity contribution in [1.29, 1.82) is 0 Å². The third-order valence-electron chi connectivity index (χ3n) is 2.65. The van der Waals surface area contributed by atoms with Crippen LogP contribution in [-0.2, 0) is 0 Å². The van der Waals surface area contributed by atoms with Crippen molar-refractivity contribution >= 4 is 5.69 Å². The van der Waals surface area contributed by atoms with Gasteiger partial charge >= 0.3 is 0 Å². The summed E-state index contributed by atoms with van der Waals surface area (Å²) in [4.78, 5) is 0. The van der Waals surface area contributed by atoms with Gasteiger partial charge in [-0.1, -0.05) is 19.1 Å². The Hall–Kier alpha value is -1.18. The number of anilines is 1. The van der Waals surface area contributed by atoms with Gasteiger partial charge in [0.1, 0.15) is 5.75 Å². The van der Waals surface area contributed by atoms with Crippen LogP contribution in [0.25, 0.3) is 0 Å². The van der Waals surface area contributed by atoms with Crippen molar-refractivity contribution in [3.63, 3.8) is 0 Å². The van der Waals surface area contributed by atoms with E-state index in [0.717, 1.165) is 29.9 Å². The van der Waals surface area contributed by atoms with Gasteiger partial charge in [0.05, 0.1) is 12.3 Å². The molecule has 2 heteroatoms. The molecule has 0 aromatic heterocycles. The summed E-state index contributed by atoms with van der Waals surface area (Å²) in [5.41, 5.74) is 6.47. The van der Waals surface area contributed by atoms with E-state index in [2.05, 4.69) is 6.92 Å². The summed E-state index contributed by atoms with van der Waals surface area (Å²) in [5, 5.41) is 0. The molecule has 2 atom stereocenters. The molecule has 1 fully saturated rings. The number of benzene rings is 1. The first-order valence-corrected chi connectivity index (χ1v) is 4.74. The standard InChI is InChI=1S/C11H15NO/c1-8-6-9(8)7-13-11-5-3-2-4-10(11)12/h2-5,8-9H,6-7,12H2,1H3/t8-,9-/m0/s1. The summed E-state index contributed by atoms with van der Waals surface area (Å²) >= 11 is 0. The Morgan fingerprint density at radius 1 is 1.46 bits per heavy atom. The van der Waals surface area contributed by atoms with Gasteiger partial charge < -0.3 is 10.5 Å². The predicted octanol–water partition coefficient (Wildman–Crippen LogP) is 2.30. The summed E-state index contributed by atoms with van der Waals surface area (Å²) < 4.78 is 5.61. The molecule has 0 unspecified atom stereocenters. The molecule has 70 valence electrons. The minimum Gasteiger partial charge on any atom is -0.491 e. The van der Waals surface area contributed by atoms with Crippen LogP contribution in [0.1, 0.15) is 13.3 Å². The Labute approximate surface area is 78.7 Å². The van der Waals surface area contributed by atoms with E-state index in [1.54, 1.807) is 0 Å². The lowest BCUT2D eigenvalue weighted by Gasteiger charge is -2.07. The molecule has 1 aliphatic rings. The molecule has 1 aromatic rings. The van der Waals surface area contributed by atoms with Crippen molar-refractivity contribution in [1.82, 2.24) is 0 Å². The van der Waals surface area contributed by atoms with E-state index >= 15 is 0 Å². The summed E-state index contributed by atoms with van der Waals surface area (Å²) in [7, 11) is 0. The average molecular weight is 177 g/mol. The van der Waals surface area contributed by atoms with Crippen molar-refractivity contribution in [3.8, 4) is 5.75 Å². The lowest BCUT2D eigenvalue weighted by Crippen LogP contribution is -2.02. The van der Waals surface area contributed by atoms with Gasteiger partial charge in [-0.2, -0.15) is 0 Å². The lowest BCUT2D eigenvalue weighted by atomic mass is 10.3. The number of hydrogen-bond acceptors (Lipinski definition) is 2. The highest BCUT2D eigenvalue weighted by atomic mass is 16.5. The quantitative estimate of drug-likeness (QED) is 0.719. The fourth-order valence-corrected chi connectivity index (χ4v) is 1.44. The monoisotopic (exact) mass is 177 g/mol. The van der Waals surface area contributed by atoms with Crippen molar-refractivity contribution in [2.75, 3.05) is 12.3 Å². The largest absolute Gasteiger partial charge is 0.491 e. The minimum absolute atomic E-state index is 0.732. The number of nitrogens with two attached hydrogens (primary N) is 1. The van der Waals surface area contributed by atoms with E-state index in [4.69, 9.17) is 10.5 Å². The minimum atomic E-state index is 0.732. The van der Waals surface area contributed by atoms with Gasteiger partial charge in [0.25, 0.3) is 0 Å². The number of ether oxygens (including phenoxy) is 1. The molecular weight excluding hydrogens is 162 g/mol. The van der Waals surface area contributed by atoms with Crippen LogP contribution in [0, 0.1) is 11.8 Å². The highest BCUT2D eigenvalue weighted by Gasteiger charge is 2.33. The first-order chi connectivity index (χ1) is 6.27. The second-order valence-corrected chi connectivity index (χ2v) is 3.82. The van der Waals surface area contributed by atoms with Crippen LogP contribution in [0.5, 0.6) is 5.75 Å². The number of hydrogen-bond donors (Lipinski definition) is 1. The van der Waals surface area contributed by atoms with Crippen molar-refractivity contribution in [2.24, 2.45) is 11.8 Å². The molecule has 1 aliphatic carbocycles. The molecule has 0 amide bonds. The van der Waals surface area contributed by atoms with Crippen LogP contribution < -0.4 is 10.5 Å². The molecule has 1 aromatic carbocycles. The molecule has 0 heterocycles. The SMILES string of the molecule is C[C@H]1C[C@H]1COc1ccccc1N. The Morgan fingerprint density at radius 2 is 2.15 bits per heavy atom. The first kappa shape index (κ1) is 8.42. The molecule has 2 N–H and O–H groups in total. The number of nitrogen functional groups attached to an aromatic ring is 1. The summed E-state index contributed by atoms with van der Waals surface area (Å²) in [5.74, 6) is 2.41. The lowest BCUT2D eigenvalue weighted by molar-refractivity contribution is 0.295. The molecule has 0 saturated heterocycles. The van der Waals surface area contributed by atoms with Gasteiger partial charge in [-0.05, 0) is 30.4 Å². The van der Waals surface area contributed by atoms with Crippen molar-refractivity contribution in [3.05, 3.63) is 24.3 Å². The molecule has 13 heavy (non-hydrogen) atoms. The van der Waals surface area contributed by atoms with Crippen LogP contribution in [0.4, 0.5) is 5.69 Å². The molecule has 1 saturated carbocycles. The first-order valence-electron chi connectivity index (χ1n) is 4.74. The van der Waals surface area contributed by atoms with E-state index < -0.39 is 0 Å². The van der Waals surface area contributed by atoms with E-state index in [1.807, 2.05) is 24.3 Å². The number of para-hydroxylation sites is 2. The zero-order chi connectivity index (χ0) is 9.26. The van der Waals surface area contributed by atoms with Crippen LogP contribution >= 0.6 is 0 Å². The number of rotatable bonds is 3. The molecular formula is C11H15NO. The summed E-state index contributed by atoms with van der Waals surface area (Å²) in [6.07, 6.45) is 1.30. The fraction of sp³-hybridized carbons (Fsp3) is 0.455. The Balaban J connectivity index is 1.90. The molecule has 0 aliphatic heterocycles. The van der Waals surface area contributed by atoms with E-state index in [1.165, 1.54) is 6.42 Å². The highest BCUT2D eigenvalue weighted by Crippen LogP contribution is 2.38. The van der Waals surface area contributed by atoms with Gasteiger partial charge in [-0.25, -0.2) is 0 Å². The topological polar surface area (TPSA) is 35.2 Å². The molecule has 0 radical (unpaired) electrons. The molecule has 0 bridgehead atoms. The van der Waals surface area contributed by atoms with Gasteiger partial charge in [0.2, 0.25) is 0 Å². The summed E-state index contributed by atoms with van der Waals surface area (Å²) in [6, 6.07) is 7.65. The van der Waals surface area contributed by atoms with E-state index in [-0.39, 0.29) is 0 Å². The van der Waals surface area contributed by atoms with E-state index in [9.17, 15) is 0 Å². The highest BCUT2D eigenvalue weighted by molar-refractivity contribution is 5.51. The molecule has 2 rings (SSSR count). The van der Waals surface area contributed by atoms with Crippen LogP contribution in [-0.4, -0.2) is 6.61 Å². The zero-order valence-corrected chi connectivity index (χ0v) is 7.86. The molecule has 0 spiro atoms. The average Bonchev–Trinajstić information content (AvgIpc) is 2.81. The van der Waals surface area contributed by atoms with Crippen LogP contribution in [0.2, 0.25) is 0 Å². The van der Waals surface area contributed by atoms with E-state index in [0.29, 0.717) is 0 Å². The normalized spacial score (nSPS) is 25.6. The van der Waals surface area contributed by atoms with Crippen molar-refractivity contribution in [2.45, 2.75) is 13.3 Å². The van der Waals surface area contributed by atoms with Gasteiger partial charge in [-0.3, -0.25) is 0 Å². The van der Waals surface area contributed by atoms with Crippen LogP contribution in [0.15, 0.2) is 24.3 Å². The fourth-order valence-electron chi connectivity index (χ4n) is 1.44. The molecule has 2 nitrogen and oxygen atoms in total. The van der Waals surface area contributed by atoms with Gasteiger partial charge in [-0.15, -0.1) is 0 Å². The second-order valence-electron chi connectivity index (χ2n) is 3.82. The maximum Gasteiger partial charge on any atom is 0.142 e. The maximum atomic E-state index is 5.74. The zero-order valence-electron chi connectivity index (χ0n) is 7.86. The third kappa shape index (κ3) is 1.94. The maximum absolute atomic E-state index is 5.74. The predicted molar refractivity (Wildman–Crippen MR) is 53.6 cm³/mol. The Morgan fingerprint density at radius 3 is 2.77 bits per heavy atom.